The van der Waals surface area contributed by atoms with E-state index < -0.39 is 0 Å². The highest BCUT2D eigenvalue weighted by atomic mass is 32.1. The molecule has 1 aliphatic rings. The van der Waals surface area contributed by atoms with E-state index in [0.29, 0.717) is 0 Å². The first-order valence-electron chi connectivity index (χ1n) is 19.8. The van der Waals surface area contributed by atoms with Crippen LogP contribution in [-0.4, -0.2) is 9.13 Å². The van der Waals surface area contributed by atoms with Crippen molar-refractivity contribution < 1.29 is 0 Å². The largest absolute Gasteiger partial charge is 0.309 e. The molecule has 268 valence electrons. The third-order valence-corrected chi connectivity index (χ3v) is 13.2. The number of fused-ring (bicyclic) bond motifs is 9. The molecule has 0 aliphatic heterocycles. The number of thiophene rings is 1. The van der Waals surface area contributed by atoms with E-state index in [1.54, 1.807) is 0 Å². The molecule has 2 nitrogen and oxygen atoms in total. The third kappa shape index (κ3) is 5.02. The summed E-state index contributed by atoms with van der Waals surface area (Å²) in [6, 6.07) is 65.3. The molecule has 0 radical (unpaired) electrons. The van der Waals surface area contributed by atoms with Gasteiger partial charge in [-0.05, 0) is 95.3 Å². The fourth-order valence-electron chi connectivity index (χ4n) is 9.39. The zero-order valence-corrected chi connectivity index (χ0v) is 32.0. The molecule has 1 aliphatic carbocycles. The lowest BCUT2D eigenvalue weighted by Crippen LogP contribution is -1.95. The van der Waals surface area contributed by atoms with E-state index in [9.17, 15) is 0 Å². The molecule has 0 spiro atoms. The zero-order chi connectivity index (χ0) is 37.5. The van der Waals surface area contributed by atoms with Gasteiger partial charge in [-0.2, -0.15) is 0 Å². The van der Waals surface area contributed by atoms with Crippen molar-refractivity contribution in [3.63, 3.8) is 0 Å². The number of nitrogens with zero attached hydrogens (tertiary/aromatic N) is 2. The first kappa shape index (κ1) is 32.3. The maximum absolute atomic E-state index is 2.50. The Morgan fingerprint density at radius 3 is 1.91 bits per heavy atom. The van der Waals surface area contributed by atoms with Gasteiger partial charge in [0.2, 0.25) is 0 Å². The van der Waals surface area contributed by atoms with Gasteiger partial charge in [-0.15, -0.1) is 11.3 Å². The molecule has 3 heterocycles. The van der Waals surface area contributed by atoms with Gasteiger partial charge in [-0.25, -0.2) is 0 Å². The normalized spacial score (nSPS) is 13.2. The summed E-state index contributed by atoms with van der Waals surface area (Å²) < 4.78 is 7.55. The van der Waals surface area contributed by atoms with E-state index in [1.165, 1.54) is 109 Å². The van der Waals surface area contributed by atoms with E-state index in [-0.39, 0.29) is 0 Å². The lowest BCUT2D eigenvalue weighted by molar-refractivity contribution is 1.05. The Hall–Kier alpha value is -6.94. The van der Waals surface area contributed by atoms with Gasteiger partial charge in [-0.3, -0.25) is 0 Å². The highest BCUT2D eigenvalue weighted by molar-refractivity contribution is 7.26. The van der Waals surface area contributed by atoms with Gasteiger partial charge >= 0.3 is 0 Å². The Labute approximate surface area is 334 Å². The van der Waals surface area contributed by atoms with E-state index in [4.69, 9.17) is 0 Å². The second-order valence-electron chi connectivity index (χ2n) is 15.2. The summed E-state index contributed by atoms with van der Waals surface area (Å²) in [5, 5.41) is 7.65. The van der Waals surface area contributed by atoms with Crippen molar-refractivity contribution in [3.8, 4) is 33.6 Å². The quantitative estimate of drug-likeness (QED) is 0.166. The molecule has 12 rings (SSSR count). The predicted octanol–water partition coefficient (Wildman–Crippen LogP) is 15.3. The van der Waals surface area contributed by atoms with Crippen LogP contribution in [0.2, 0.25) is 0 Å². The Kier molecular flexibility index (Phi) is 7.26. The topological polar surface area (TPSA) is 9.86 Å². The van der Waals surface area contributed by atoms with Crippen molar-refractivity contribution in [1.29, 1.82) is 0 Å². The van der Waals surface area contributed by atoms with Crippen molar-refractivity contribution in [2.75, 3.05) is 0 Å². The van der Waals surface area contributed by atoms with Gasteiger partial charge in [0.1, 0.15) is 0 Å². The van der Waals surface area contributed by atoms with Crippen LogP contribution < -0.4 is 0 Å². The van der Waals surface area contributed by atoms with Gasteiger partial charge in [0, 0.05) is 58.7 Å². The average Bonchev–Trinajstić information content (AvgIpc) is 3.94. The maximum atomic E-state index is 2.50. The molecule has 0 saturated heterocycles. The Morgan fingerprint density at radius 1 is 0.421 bits per heavy atom. The Morgan fingerprint density at radius 2 is 1.09 bits per heavy atom. The summed E-state index contributed by atoms with van der Waals surface area (Å²) in [5.41, 5.74) is 14.9. The molecule has 3 heteroatoms. The van der Waals surface area contributed by atoms with Crippen molar-refractivity contribution in [3.05, 3.63) is 200 Å². The second kappa shape index (κ2) is 12.8. The Bertz CT molecular complexity index is 3440. The van der Waals surface area contributed by atoms with E-state index in [1.807, 2.05) is 11.3 Å². The fourth-order valence-corrected chi connectivity index (χ4v) is 10.6. The molecule has 57 heavy (non-hydrogen) atoms. The molecule has 0 bridgehead atoms. The summed E-state index contributed by atoms with van der Waals surface area (Å²) in [6.45, 7) is 0. The molecular formula is C54H36N2S. The maximum Gasteiger partial charge on any atom is 0.0547 e. The van der Waals surface area contributed by atoms with Gasteiger partial charge in [0.25, 0.3) is 0 Å². The van der Waals surface area contributed by atoms with Crippen LogP contribution >= 0.6 is 11.3 Å². The molecule has 0 unspecified atom stereocenters. The highest BCUT2D eigenvalue weighted by Gasteiger charge is 2.20. The molecular weight excluding hydrogens is 709 g/mol. The van der Waals surface area contributed by atoms with E-state index in [0.717, 1.165) is 12.8 Å². The smallest absolute Gasteiger partial charge is 0.0547 e. The number of benzene rings is 8. The van der Waals surface area contributed by atoms with Crippen LogP contribution in [-0.2, 0) is 0 Å². The molecule has 8 aromatic carbocycles. The third-order valence-electron chi connectivity index (χ3n) is 12.0. The summed E-state index contributed by atoms with van der Waals surface area (Å²) in [5.74, 6) is 0. The number of hydrogen-bond donors (Lipinski definition) is 0. The SMILES string of the molecule is C1=CCCC(c2ccc(-c3cc(-n4c5ccccc5c5ccc(-c6cccc7c6c6ccccc6n7-c6ccccc6)cc54)cc4c3sc3ccccc34)cc2)=C1. The molecule has 0 saturated carbocycles. The molecule has 0 amide bonds. The van der Waals surface area contributed by atoms with Gasteiger partial charge in [0.05, 0.1) is 22.1 Å². The molecule has 3 aromatic heterocycles. The zero-order valence-electron chi connectivity index (χ0n) is 31.2. The van der Waals surface area contributed by atoms with Crippen molar-refractivity contribution in [1.82, 2.24) is 9.13 Å². The van der Waals surface area contributed by atoms with E-state index >= 15 is 0 Å². The summed E-state index contributed by atoms with van der Waals surface area (Å²) in [7, 11) is 0. The van der Waals surface area contributed by atoms with Crippen LogP contribution in [0.5, 0.6) is 0 Å². The van der Waals surface area contributed by atoms with E-state index in [2.05, 4.69) is 203 Å². The lowest BCUT2D eigenvalue weighted by atomic mass is 9.94. The first-order chi connectivity index (χ1) is 28.3. The summed E-state index contributed by atoms with van der Waals surface area (Å²) in [6.07, 6.45) is 8.90. The fraction of sp³-hybridized carbons (Fsp3) is 0.0370. The minimum absolute atomic E-state index is 1.09. The molecule has 11 aromatic rings. The van der Waals surface area contributed by atoms with Crippen molar-refractivity contribution >= 4 is 80.7 Å². The number of rotatable bonds is 5. The second-order valence-corrected chi connectivity index (χ2v) is 16.2. The number of allylic oxidation sites excluding steroid dienone is 4. The molecule has 0 atom stereocenters. The van der Waals surface area contributed by atoms with Crippen molar-refractivity contribution in [2.24, 2.45) is 0 Å². The standard InChI is InChI=1S/C54H36N2S/c1-3-14-35(15-4-1)36-26-28-37(29-27-36)46-33-40(34-47-44-19-9-12-25-52(44)57-54(46)47)56-48-22-10-7-18-42(48)43-31-30-38(32-51(43)56)41-21-13-24-50-53(41)45-20-8-11-23-49(45)55(50)39-16-5-2-6-17-39/h1-3,5-14,16-34H,4,15H2. The van der Waals surface area contributed by atoms with Gasteiger partial charge in [-0.1, -0.05) is 140 Å². The Balaban J connectivity index is 1.11. The average molecular weight is 745 g/mol. The number of hydrogen-bond acceptors (Lipinski definition) is 1. The number of para-hydroxylation sites is 3. The van der Waals surface area contributed by atoms with Crippen LogP contribution in [0, 0.1) is 0 Å². The lowest BCUT2D eigenvalue weighted by Gasteiger charge is -2.14. The van der Waals surface area contributed by atoms with Crippen LogP contribution in [0.3, 0.4) is 0 Å². The van der Waals surface area contributed by atoms with Crippen LogP contribution in [0.1, 0.15) is 18.4 Å². The van der Waals surface area contributed by atoms with Crippen LogP contribution in [0.4, 0.5) is 0 Å². The highest BCUT2D eigenvalue weighted by Crippen LogP contribution is 2.45. The van der Waals surface area contributed by atoms with Crippen LogP contribution in [0.15, 0.2) is 194 Å². The van der Waals surface area contributed by atoms with Crippen LogP contribution in [0.25, 0.3) is 103 Å². The molecule has 0 N–H and O–H groups in total. The van der Waals surface area contributed by atoms with Crippen molar-refractivity contribution in [2.45, 2.75) is 12.8 Å². The monoisotopic (exact) mass is 744 g/mol. The summed E-state index contributed by atoms with van der Waals surface area (Å²) >= 11 is 1.90. The predicted molar refractivity (Wildman–Crippen MR) is 245 cm³/mol. The van der Waals surface area contributed by atoms with Gasteiger partial charge < -0.3 is 9.13 Å². The molecule has 0 fully saturated rings. The summed E-state index contributed by atoms with van der Waals surface area (Å²) in [4.78, 5) is 0. The minimum Gasteiger partial charge on any atom is -0.309 e. The number of aromatic nitrogens is 2. The van der Waals surface area contributed by atoms with Gasteiger partial charge in [0.15, 0.2) is 0 Å². The minimum atomic E-state index is 1.09. The first-order valence-corrected chi connectivity index (χ1v) is 20.6.